The minimum absolute atomic E-state index is 0.0424. The third-order valence-electron chi connectivity index (χ3n) is 4.64. The number of nitrogens with one attached hydrogen (secondary N) is 1. The molecule has 0 saturated heterocycles. The van der Waals surface area contributed by atoms with Crippen molar-refractivity contribution in [3.05, 3.63) is 69.5 Å². The van der Waals surface area contributed by atoms with Crippen LogP contribution in [-0.4, -0.2) is 21.5 Å². The van der Waals surface area contributed by atoms with Crippen LogP contribution in [0.1, 0.15) is 49.2 Å². The van der Waals surface area contributed by atoms with Crippen LogP contribution in [0.3, 0.4) is 0 Å². The van der Waals surface area contributed by atoms with Crippen LogP contribution in [0, 0.1) is 12.8 Å². The molecular formula is C24H29N3O2S. The van der Waals surface area contributed by atoms with Gasteiger partial charge in [-0.05, 0) is 50.5 Å². The van der Waals surface area contributed by atoms with E-state index in [2.05, 4.69) is 50.4 Å². The maximum Gasteiger partial charge on any atom is 0.262 e. The molecular weight excluding hydrogens is 394 g/mol. The molecule has 0 fully saturated rings. The summed E-state index contributed by atoms with van der Waals surface area (Å²) in [6.45, 7) is 10.7. The predicted octanol–water partition coefficient (Wildman–Crippen LogP) is 4.79. The summed E-state index contributed by atoms with van der Waals surface area (Å²) < 4.78 is 1.76. The first-order chi connectivity index (χ1) is 14.2. The average molecular weight is 424 g/mol. The molecule has 30 heavy (non-hydrogen) atoms. The van der Waals surface area contributed by atoms with Crippen LogP contribution in [0.2, 0.25) is 0 Å². The molecule has 3 rings (SSSR count). The molecule has 1 amide bonds. The zero-order chi connectivity index (χ0) is 21.8. The lowest BCUT2D eigenvalue weighted by atomic mass is 10.1. The van der Waals surface area contributed by atoms with Crippen molar-refractivity contribution in [2.45, 2.75) is 58.1 Å². The molecule has 6 heteroatoms. The van der Waals surface area contributed by atoms with Gasteiger partial charge in [0.15, 0.2) is 5.16 Å². The lowest BCUT2D eigenvalue weighted by molar-refractivity contribution is 0.0943. The van der Waals surface area contributed by atoms with Gasteiger partial charge in [-0.2, -0.15) is 0 Å². The first-order valence-electron chi connectivity index (χ1n) is 10.3. The fraction of sp³-hybridized carbons (Fsp3) is 0.375. The lowest BCUT2D eigenvalue weighted by Crippen LogP contribution is -2.30. The zero-order valence-electron chi connectivity index (χ0n) is 18.2. The summed E-state index contributed by atoms with van der Waals surface area (Å²) in [6, 6.07) is 13.5. The molecule has 0 atom stereocenters. The molecule has 0 aliphatic rings. The molecule has 0 saturated carbocycles. The number of thioether (sulfide) groups is 1. The normalized spacial score (nSPS) is 11.4. The number of rotatable bonds is 7. The van der Waals surface area contributed by atoms with Crippen LogP contribution in [0.15, 0.2) is 52.4 Å². The molecule has 0 aliphatic heterocycles. The van der Waals surface area contributed by atoms with Crippen molar-refractivity contribution in [2.24, 2.45) is 5.92 Å². The summed E-state index contributed by atoms with van der Waals surface area (Å²) in [7, 11) is 0. The minimum Gasteiger partial charge on any atom is -0.350 e. The van der Waals surface area contributed by atoms with E-state index in [1.165, 1.54) is 11.1 Å². The predicted molar refractivity (Wildman–Crippen MR) is 124 cm³/mol. The summed E-state index contributed by atoms with van der Waals surface area (Å²) in [6.07, 6.45) is 0. The summed E-state index contributed by atoms with van der Waals surface area (Å²) >= 11 is 1.55. The maximum absolute atomic E-state index is 13.2. The van der Waals surface area contributed by atoms with Gasteiger partial charge in [0, 0.05) is 23.9 Å². The summed E-state index contributed by atoms with van der Waals surface area (Å²) in [5.41, 5.74) is 3.41. The summed E-state index contributed by atoms with van der Waals surface area (Å²) in [4.78, 5) is 30.4. The number of hydrogen-bond acceptors (Lipinski definition) is 4. The topological polar surface area (TPSA) is 64.0 Å². The van der Waals surface area contributed by atoms with Crippen LogP contribution in [0.5, 0.6) is 0 Å². The van der Waals surface area contributed by atoms with Crippen LogP contribution >= 0.6 is 11.8 Å². The maximum atomic E-state index is 13.2. The third-order valence-corrected chi connectivity index (χ3v) is 5.69. The molecule has 0 unspecified atom stereocenters. The fourth-order valence-corrected chi connectivity index (χ4v) is 4.12. The molecule has 2 aromatic carbocycles. The summed E-state index contributed by atoms with van der Waals surface area (Å²) in [5, 5.41) is 4.11. The molecule has 3 aromatic rings. The fourth-order valence-electron chi connectivity index (χ4n) is 3.16. The van der Waals surface area contributed by atoms with Crippen molar-refractivity contribution in [1.29, 1.82) is 0 Å². The van der Waals surface area contributed by atoms with Gasteiger partial charge in [0.1, 0.15) is 0 Å². The molecule has 1 heterocycles. The van der Waals surface area contributed by atoms with Crippen LogP contribution < -0.4 is 10.9 Å². The van der Waals surface area contributed by atoms with Crippen molar-refractivity contribution in [1.82, 2.24) is 14.9 Å². The molecule has 0 bridgehead atoms. The SMILES string of the molecule is Cc1ccc(CSc2nc3cc(C(=O)NC(C)C)ccc3c(=O)n2CC(C)C)cc1. The average Bonchev–Trinajstić information content (AvgIpc) is 2.69. The van der Waals surface area contributed by atoms with E-state index in [9.17, 15) is 9.59 Å². The van der Waals surface area contributed by atoms with Gasteiger partial charge >= 0.3 is 0 Å². The quantitative estimate of drug-likeness (QED) is 0.438. The molecule has 1 aromatic heterocycles. The highest BCUT2D eigenvalue weighted by Gasteiger charge is 2.15. The largest absolute Gasteiger partial charge is 0.350 e. The Hall–Kier alpha value is -2.60. The van der Waals surface area contributed by atoms with Crippen LogP contribution in [0.25, 0.3) is 10.9 Å². The smallest absolute Gasteiger partial charge is 0.262 e. The van der Waals surface area contributed by atoms with Gasteiger partial charge in [0.25, 0.3) is 11.5 Å². The monoisotopic (exact) mass is 423 g/mol. The number of nitrogens with zero attached hydrogens (tertiary/aromatic N) is 2. The molecule has 0 aliphatic carbocycles. The van der Waals surface area contributed by atoms with Gasteiger partial charge in [0.05, 0.1) is 10.9 Å². The number of aryl methyl sites for hydroxylation is 1. The molecule has 1 N–H and O–H groups in total. The molecule has 158 valence electrons. The first kappa shape index (κ1) is 22.1. The van der Waals surface area contributed by atoms with Gasteiger partial charge in [-0.3, -0.25) is 14.2 Å². The Morgan fingerprint density at radius 3 is 2.43 bits per heavy atom. The van der Waals surface area contributed by atoms with E-state index >= 15 is 0 Å². The van der Waals surface area contributed by atoms with Crippen molar-refractivity contribution < 1.29 is 4.79 Å². The van der Waals surface area contributed by atoms with Crippen molar-refractivity contribution in [3.63, 3.8) is 0 Å². The summed E-state index contributed by atoms with van der Waals surface area (Å²) in [5.74, 6) is 0.884. The van der Waals surface area contributed by atoms with Gasteiger partial charge in [-0.15, -0.1) is 0 Å². The Morgan fingerprint density at radius 1 is 1.10 bits per heavy atom. The third kappa shape index (κ3) is 5.30. The number of benzene rings is 2. The number of fused-ring (bicyclic) bond motifs is 1. The van der Waals surface area contributed by atoms with E-state index in [0.29, 0.717) is 34.1 Å². The van der Waals surface area contributed by atoms with E-state index in [-0.39, 0.29) is 17.5 Å². The number of hydrogen-bond donors (Lipinski definition) is 1. The number of carbonyl (C=O) groups is 1. The Kier molecular flexibility index (Phi) is 6.98. The second-order valence-electron chi connectivity index (χ2n) is 8.34. The van der Waals surface area contributed by atoms with Crippen molar-refractivity contribution >= 4 is 28.6 Å². The number of carbonyl (C=O) groups excluding carboxylic acids is 1. The minimum atomic E-state index is -0.158. The van der Waals surface area contributed by atoms with E-state index in [0.717, 1.165) is 5.75 Å². The molecule has 0 spiro atoms. The molecule has 0 radical (unpaired) electrons. The second-order valence-corrected chi connectivity index (χ2v) is 9.28. The van der Waals surface area contributed by atoms with Gasteiger partial charge < -0.3 is 5.32 Å². The Morgan fingerprint density at radius 2 is 1.80 bits per heavy atom. The van der Waals surface area contributed by atoms with Gasteiger partial charge in [-0.25, -0.2) is 4.98 Å². The first-order valence-corrected chi connectivity index (χ1v) is 11.3. The Labute approximate surface area is 181 Å². The highest BCUT2D eigenvalue weighted by molar-refractivity contribution is 7.98. The van der Waals surface area contributed by atoms with Crippen molar-refractivity contribution in [3.8, 4) is 0 Å². The highest BCUT2D eigenvalue weighted by Crippen LogP contribution is 2.23. The van der Waals surface area contributed by atoms with E-state index in [4.69, 9.17) is 4.98 Å². The number of aromatic nitrogens is 2. The highest BCUT2D eigenvalue weighted by atomic mass is 32.2. The van der Waals surface area contributed by atoms with Crippen LogP contribution in [0.4, 0.5) is 0 Å². The van der Waals surface area contributed by atoms with Crippen molar-refractivity contribution in [2.75, 3.05) is 0 Å². The number of amides is 1. The Balaban J connectivity index is 2.01. The van der Waals surface area contributed by atoms with E-state index < -0.39 is 0 Å². The second kappa shape index (κ2) is 9.47. The zero-order valence-corrected chi connectivity index (χ0v) is 19.0. The molecule has 5 nitrogen and oxygen atoms in total. The van der Waals surface area contributed by atoms with Crippen LogP contribution in [-0.2, 0) is 12.3 Å². The Bertz CT molecular complexity index is 1100. The lowest BCUT2D eigenvalue weighted by Gasteiger charge is -2.15. The van der Waals surface area contributed by atoms with Gasteiger partial charge in [-0.1, -0.05) is 55.4 Å². The van der Waals surface area contributed by atoms with E-state index in [1.807, 2.05) is 13.8 Å². The standard InChI is InChI=1S/C24H29N3O2S/c1-15(2)13-27-23(29)20-11-10-19(22(28)25-16(3)4)12-21(20)26-24(27)30-14-18-8-6-17(5)7-9-18/h6-12,15-16H,13-14H2,1-5H3,(H,25,28). The van der Waals surface area contributed by atoms with E-state index in [1.54, 1.807) is 34.5 Å². The van der Waals surface area contributed by atoms with Gasteiger partial charge in [0.2, 0.25) is 0 Å².